The highest BCUT2D eigenvalue weighted by molar-refractivity contribution is 5.93. The van der Waals surface area contributed by atoms with E-state index in [1.165, 1.54) is 6.42 Å². The molecular formula is C32H43N3O6. The van der Waals surface area contributed by atoms with Crippen molar-refractivity contribution in [2.45, 2.75) is 71.1 Å². The molecule has 0 spiro atoms. The van der Waals surface area contributed by atoms with Crippen molar-refractivity contribution in [3.63, 3.8) is 0 Å². The predicted octanol–water partition coefficient (Wildman–Crippen LogP) is 4.18. The highest BCUT2D eigenvalue weighted by Gasteiger charge is 2.31. The van der Waals surface area contributed by atoms with Gasteiger partial charge in [-0.1, -0.05) is 38.3 Å². The summed E-state index contributed by atoms with van der Waals surface area (Å²) < 4.78 is 6.60. The van der Waals surface area contributed by atoms with E-state index in [0.29, 0.717) is 36.6 Å². The molecule has 0 bridgehead atoms. The number of carboxylic acids is 1. The molecule has 0 aromatic heterocycles. The summed E-state index contributed by atoms with van der Waals surface area (Å²) in [6, 6.07) is 12.0. The number of carboxylic acid groups (broad SMARTS) is 1. The van der Waals surface area contributed by atoms with E-state index in [9.17, 15) is 24.6 Å². The van der Waals surface area contributed by atoms with Crippen molar-refractivity contribution in [2.24, 2.45) is 11.8 Å². The number of carbonyl (C=O) groups excluding carboxylic acids is 2. The molecule has 3 N–H and O–H groups in total. The molecule has 2 aliphatic rings. The first-order valence-corrected chi connectivity index (χ1v) is 14.7. The van der Waals surface area contributed by atoms with Crippen LogP contribution in [0.5, 0.6) is 5.75 Å². The SMILES string of the molecule is C[C@H]1CN([C@@H](C)CO)C(=O)Cc2cc(NC(=O)C3CCCCC3)ccc2O[C@@H]1CN(C)Cc1ccc(C(=O)O)cc1. The monoisotopic (exact) mass is 565 g/mol. The van der Waals surface area contributed by atoms with Crippen LogP contribution in [-0.2, 0) is 22.6 Å². The summed E-state index contributed by atoms with van der Waals surface area (Å²) in [4.78, 5) is 41.4. The molecule has 0 saturated heterocycles. The smallest absolute Gasteiger partial charge is 0.335 e. The van der Waals surface area contributed by atoms with Gasteiger partial charge in [-0.2, -0.15) is 0 Å². The summed E-state index contributed by atoms with van der Waals surface area (Å²) in [6.45, 7) is 5.35. The molecule has 9 heteroatoms. The molecule has 1 aliphatic carbocycles. The van der Waals surface area contributed by atoms with E-state index >= 15 is 0 Å². The average Bonchev–Trinajstić information content (AvgIpc) is 3.00. The number of hydrogen-bond acceptors (Lipinski definition) is 6. The number of nitrogens with zero attached hydrogens (tertiary/aromatic N) is 2. The normalized spacial score (nSPS) is 20.8. The zero-order valence-electron chi connectivity index (χ0n) is 24.3. The first-order valence-electron chi connectivity index (χ1n) is 14.7. The van der Waals surface area contributed by atoms with Crippen LogP contribution in [0.3, 0.4) is 0 Å². The summed E-state index contributed by atoms with van der Waals surface area (Å²) in [5.74, 6) is -0.422. The number of fused-ring (bicyclic) bond motifs is 1. The molecule has 1 fully saturated rings. The van der Waals surface area contributed by atoms with Crippen LogP contribution in [0.25, 0.3) is 0 Å². The molecule has 1 saturated carbocycles. The van der Waals surface area contributed by atoms with Crippen LogP contribution in [0.2, 0.25) is 0 Å². The molecule has 41 heavy (non-hydrogen) atoms. The number of rotatable bonds is 9. The van der Waals surface area contributed by atoms with E-state index in [1.807, 2.05) is 51.2 Å². The summed E-state index contributed by atoms with van der Waals surface area (Å²) in [6.07, 6.45) is 4.98. The fourth-order valence-corrected chi connectivity index (χ4v) is 5.77. The van der Waals surface area contributed by atoms with Gasteiger partial charge >= 0.3 is 5.97 Å². The van der Waals surface area contributed by atoms with E-state index in [1.54, 1.807) is 17.0 Å². The average molecular weight is 566 g/mol. The second kappa shape index (κ2) is 14.0. The van der Waals surface area contributed by atoms with Crippen molar-refractivity contribution in [3.05, 3.63) is 59.2 Å². The standard InChI is InChI=1S/C32H43N3O6/c1-21-17-35(22(2)20-36)30(37)16-26-15-27(33-31(38)24-7-5-4-6-8-24)13-14-28(26)41-29(21)19-34(3)18-23-9-11-25(12-10-23)32(39)40/h9-15,21-22,24,29,36H,4-8,16-20H2,1-3H3,(H,33,38)(H,39,40)/t21-,22-,29+/m0/s1. The molecule has 0 unspecified atom stereocenters. The maximum Gasteiger partial charge on any atom is 0.335 e. The number of likely N-dealkylation sites (N-methyl/N-ethyl adjacent to an activating group) is 1. The van der Waals surface area contributed by atoms with Crippen LogP contribution in [0.4, 0.5) is 5.69 Å². The Morgan fingerprint density at radius 2 is 1.83 bits per heavy atom. The maximum absolute atomic E-state index is 13.5. The van der Waals surface area contributed by atoms with E-state index in [2.05, 4.69) is 10.2 Å². The van der Waals surface area contributed by atoms with Crippen molar-refractivity contribution in [3.8, 4) is 5.75 Å². The van der Waals surface area contributed by atoms with E-state index in [-0.39, 0.29) is 54.4 Å². The third-order valence-electron chi connectivity index (χ3n) is 8.30. The number of aliphatic hydroxyl groups is 1. The molecule has 1 aliphatic heterocycles. The lowest BCUT2D eigenvalue weighted by Crippen LogP contribution is -2.47. The number of aliphatic hydroxyl groups excluding tert-OH is 1. The largest absolute Gasteiger partial charge is 0.488 e. The molecule has 2 amide bonds. The molecule has 2 aromatic carbocycles. The molecule has 2 aromatic rings. The van der Waals surface area contributed by atoms with Crippen molar-refractivity contribution in [1.82, 2.24) is 9.80 Å². The minimum atomic E-state index is -0.954. The van der Waals surface area contributed by atoms with E-state index in [0.717, 1.165) is 31.2 Å². The van der Waals surface area contributed by atoms with Gasteiger partial charge in [0, 0.05) is 42.7 Å². The van der Waals surface area contributed by atoms with Gasteiger partial charge < -0.3 is 25.2 Å². The molecule has 0 radical (unpaired) electrons. The van der Waals surface area contributed by atoms with Gasteiger partial charge in [0.1, 0.15) is 11.9 Å². The third kappa shape index (κ3) is 8.07. The van der Waals surface area contributed by atoms with Crippen molar-refractivity contribution >= 4 is 23.5 Å². The Bertz CT molecular complexity index is 1210. The Labute approximate surface area is 242 Å². The maximum atomic E-state index is 13.5. The van der Waals surface area contributed by atoms with Crippen LogP contribution >= 0.6 is 0 Å². The van der Waals surface area contributed by atoms with Gasteiger partial charge in [0.05, 0.1) is 24.6 Å². The summed E-state index contributed by atoms with van der Waals surface area (Å²) >= 11 is 0. The first-order chi connectivity index (χ1) is 19.6. The van der Waals surface area contributed by atoms with Gasteiger partial charge in [0.15, 0.2) is 0 Å². The number of benzene rings is 2. The van der Waals surface area contributed by atoms with E-state index in [4.69, 9.17) is 4.74 Å². The Morgan fingerprint density at radius 3 is 2.49 bits per heavy atom. The molecule has 9 nitrogen and oxygen atoms in total. The number of amides is 2. The number of carbonyl (C=O) groups is 3. The van der Waals surface area contributed by atoms with Gasteiger partial charge in [-0.15, -0.1) is 0 Å². The molecule has 1 heterocycles. The van der Waals surface area contributed by atoms with Gasteiger partial charge in [-0.25, -0.2) is 4.79 Å². The number of hydrogen-bond donors (Lipinski definition) is 3. The Kier molecular flexibility index (Phi) is 10.4. The lowest BCUT2D eigenvalue weighted by molar-refractivity contribution is -0.134. The zero-order chi connectivity index (χ0) is 29.5. The summed E-state index contributed by atoms with van der Waals surface area (Å²) in [7, 11) is 1.98. The fourth-order valence-electron chi connectivity index (χ4n) is 5.77. The molecule has 4 rings (SSSR count). The van der Waals surface area contributed by atoms with Crippen LogP contribution in [0, 0.1) is 11.8 Å². The number of anilines is 1. The predicted molar refractivity (Wildman–Crippen MR) is 157 cm³/mol. The van der Waals surface area contributed by atoms with Crippen LogP contribution in [0.15, 0.2) is 42.5 Å². The minimum Gasteiger partial charge on any atom is -0.488 e. The molecule has 3 atom stereocenters. The number of ether oxygens (including phenoxy) is 1. The van der Waals surface area contributed by atoms with Crippen molar-refractivity contribution < 1.29 is 29.3 Å². The zero-order valence-corrected chi connectivity index (χ0v) is 24.3. The van der Waals surface area contributed by atoms with Gasteiger partial charge in [0.25, 0.3) is 0 Å². The Morgan fingerprint density at radius 1 is 1.12 bits per heavy atom. The number of nitrogens with one attached hydrogen (secondary N) is 1. The second-order valence-corrected chi connectivity index (χ2v) is 11.7. The fraction of sp³-hybridized carbons (Fsp3) is 0.531. The van der Waals surface area contributed by atoms with Crippen molar-refractivity contribution in [1.29, 1.82) is 0 Å². The summed E-state index contributed by atoms with van der Waals surface area (Å²) in [5.41, 5.74) is 2.59. The second-order valence-electron chi connectivity index (χ2n) is 11.7. The first kappa shape index (κ1) is 30.5. The van der Waals surface area contributed by atoms with Crippen LogP contribution < -0.4 is 10.1 Å². The number of aromatic carboxylic acids is 1. The minimum absolute atomic E-state index is 0.0221. The van der Waals surface area contributed by atoms with Gasteiger partial charge in [-0.3, -0.25) is 14.5 Å². The van der Waals surface area contributed by atoms with Crippen LogP contribution in [-0.4, -0.2) is 76.7 Å². The lowest BCUT2D eigenvalue weighted by atomic mass is 9.88. The van der Waals surface area contributed by atoms with Crippen molar-refractivity contribution in [2.75, 3.05) is 32.1 Å². The lowest BCUT2D eigenvalue weighted by Gasteiger charge is -2.34. The van der Waals surface area contributed by atoms with Gasteiger partial charge in [-0.05, 0) is 62.7 Å². The Balaban J connectivity index is 1.55. The molecule has 222 valence electrons. The van der Waals surface area contributed by atoms with Gasteiger partial charge in [0.2, 0.25) is 11.8 Å². The third-order valence-corrected chi connectivity index (χ3v) is 8.30. The van der Waals surface area contributed by atoms with Crippen LogP contribution in [0.1, 0.15) is 67.4 Å². The Hall–Kier alpha value is -3.43. The van der Waals surface area contributed by atoms with E-state index < -0.39 is 5.97 Å². The highest BCUT2D eigenvalue weighted by Crippen LogP contribution is 2.31. The quantitative estimate of drug-likeness (QED) is 0.417. The molecular weight excluding hydrogens is 522 g/mol. The topological polar surface area (TPSA) is 119 Å². The highest BCUT2D eigenvalue weighted by atomic mass is 16.5. The summed E-state index contributed by atoms with van der Waals surface area (Å²) in [5, 5.41) is 22.1.